The summed E-state index contributed by atoms with van der Waals surface area (Å²) in [5, 5.41) is 15.3. The molecule has 0 aliphatic carbocycles. The summed E-state index contributed by atoms with van der Waals surface area (Å²) in [6, 6.07) is 15.3. The van der Waals surface area contributed by atoms with Gasteiger partial charge in [0.1, 0.15) is 10.6 Å². The third-order valence-corrected chi connectivity index (χ3v) is 5.12. The van der Waals surface area contributed by atoms with Gasteiger partial charge in [0, 0.05) is 11.6 Å². The maximum absolute atomic E-state index is 12.6. The highest BCUT2D eigenvalue weighted by atomic mass is 32.1. The van der Waals surface area contributed by atoms with E-state index >= 15 is 0 Å². The second-order valence-corrected chi connectivity index (χ2v) is 7.26. The van der Waals surface area contributed by atoms with Crippen molar-refractivity contribution in [2.24, 2.45) is 0 Å². The first-order valence-corrected chi connectivity index (χ1v) is 9.64. The van der Waals surface area contributed by atoms with Crippen LogP contribution in [0.5, 0.6) is 0 Å². The van der Waals surface area contributed by atoms with Gasteiger partial charge in [-0.3, -0.25) is 14.9 Å². The number of nitro benzene ring substituents is 1. The van der Waals surface area contributed by atoms with Gasteiger partial charge in [0.05, 0.1) is 4.92 Å². The summed E-state index contributed by atoms with van der Waals surface area (Å²) >= 11 is 1.23. The Morgan fingerprint density at radius 1 is 1.10 bits per heavy atom. The molecule has 8 heteroatoms. The second-order valence-electron chi connectivity index (χ2n) is 6.34. The summed E-state index contributed by atoms with van der Waals surface area (Å²) < 4.78 is 5.30. The van der Waals surface area contributed by atoms with E-state index in [0.29, 0.717) is 4.88 Å². The first kappa shape index (κ1) is 20.2. The van der Waals surface area contributed by atoms with Crippen LogP contribution in [0.1, 0.15) is 22.2 Å². The van der Waals surface area contributed by atoms with Gasteiger partial charge in [-0.15, -0.1) is 11.3 Å². The van der Waals surface area contributed by atoms with Crippen molar-refractivity contribution in [3.8, 4) is 11.1 Å². The number of carbonyl (C=O) groups excluding carboxylic acids is 2. The number of ether oxygens (including phenoxy) is 1. The molecule has 0 saturated heterocycles. The predicted molar refractivity (Wildman–Crippen MR) is 111 cm³/mol. The van der Waals surface area contributed by atoms with E-state index in [1.165, 1.54) is 36.5 Å². The van der Waals surface area contributed by atoms with E-state index in [1.54, 1.807) is 11.4 Å². The number of benzene rings is 2. The Bertz CT molecular complexity index is 1060. The topological polar surface area (TPSA) is 98.5 Å². The Balaban J connectivity index is 1.72. The molecule has 0 aliphatic heterocycles. The molecule has 148 valence electrons. The number of esters is 1. The molecule has 1 heterocycles. The Morgan fingerprint density at radius 2 is 1.79 bits per heavy atom. The van der Waals surface area contributed by atoms with Gasteiger partial charge in [0.2, 0.25) is 0 Å². The second kappa shape index (κ2) is 8.66. The van der Waals surface area contributed by atoms with Gasteiger partial charge in [-0.05, 0) is 36.9 Å². The van der Waals surface area contributed by atoms with Crippen LogP contribution in [0, 0.1) is 17.0 Å². The van der Waals surface area contributed by atoms with E-state index in [1.807, 2.05) is 37.3 Å². The number of nitrogens with zero attached hydrogens (tertiary/aromatic N) is 1. The lowest BCUT2D eigenvalue weighted by Crippen LogP contribution is -2.30. The highest BCUT2D eigenvalue weighted by Gasteiger charge is 2.24. The maximum Gasteiger partial charge on any atom is 0.349 e. The first-order valence-electron chi connectivity index (χ1n) is 8.76. The molecule has 0 unspecified atom stereocenters. The number of hydrogen-bond acceptors (Lipinski definition) is 6. The maximum atomic E-state index is 12.6. The van der Waals surface area contributed by atoms with Gasteiger partial charge < -0.3 is 10.1 Å². The van der Waals surface area contributed by atoms with Gasteiger partial charge in [-0.2, -0.15) is 0 Å². The molecule has 1 atom stereocenters. The SMILES string of the molecule is Cc1ccc(-c2ccsc2C(=O)O[C@@H](C)C(=O)Nc2ccccc2[N+](=O)[O-])cc1. The van der Waals surface area contributed by atoms with Crippen LogP contribution in [0.2, 0.25) is 0 Å². The molecule has 3 rings (SSSR count). The lowest BCUT2D eigenvalue weighted by atomic mass is 10.1. The number of nitro groups is 1. The Hall–Kier alpha value is -3.52. The van der Waals surface area contributed by atoms with Crippen molar-refractivity contribution in [3.05, 3.63) is 80.5 Å². The normalized spacial score (nSPS) is 11.5. The molecule has 0 spiro atoms. The monoisotopic (exact) mass is 410 g/mol. The Morgan fingerprint density at radius 3 is 2.48 bits per heavy atom. The van der Waals surface area contributed by atoms with Crippen molar-refractivity contribution in [1.82, 2.24) is 0 Å². The smallest absolute Gasteiger partial charge is 0.349 e. The van der Waals surface area contributed by atoms with Crippen molar-refractivity contribution < 1.29 is 19.2 Å². The number of thiophene rings is 1. The van der Waals surface area contributed by atoms with E-state index in [9.17, 15) is 19.7 Å². The molecule has 1 aromatic heterocycles. The molecule has 0 aliphatic rings. The van der Waals surface area contributed by atoms with Crippen molar-refractivity contribution in [2.45, 2.75) is 20.0 Å². The van der Waals surface area contributed by atoms with E-state index in [-0.39, 0.29) is 11.4 Å². The van der Waals surface area contributed by atoms with Gasteiger partial charge in [-0.25, -0.2) is 4.79 Å². The molecule has 0 bridgehead atoms. The number of nitrogens with one attached hydrogen (secondary N) is 1. The third-order valence-electron chi connectivity index (χ3n) is 4.22. The summed E-state index contributed by atoms with van der Waals surface area (Å²) in [7, 11) is 0. The molecule has 0 saturated carbocycles. The Kier molecular flexibility index (Phi) is 6.04. The number of anilines is 1. The molecule has 1 amide bonds. The fraction of sp³-hybridized carbons (Fsp3) is 0.143. The Labute approximate surface area is 171 Å². The lowest BCUT2D eigenvalue weighted by molar-refractivity contribution is -0.383. The molecular weight excluding hydrogens is 392 g/mol. The highest BCUT2D eigenvalue weighted by molar-refractivity contribution is 7.12. The lowest BCUT2D eigenvalue weighted by Gasteiger charge is -2.14. The van der Waals surface area contributed by atoms with E-state index in [4.69, 9.17) is 4.74 Å². The van der Waals surface area contributed by atoms with Crippen molar-refractivity contribution >= 4 is 34.6 Å². The minimum absolute atomic E-state index is 0.0434. The van der Waals surface area contributed by atoms with Gasteiger partial charge >= 0.3 is 5.97 Å². The van der Waals surface area contributed by atoms with Crippen LogP contribution in [0.25, 0.3) is 11.1 Å². The molecule has 0 radical (unpaired) electrons. The number of amides is 1. The summed E-state index contributed by atoms with van der Waals surface area (Å²) in [6.07, 6.45) is -1.13. The molecule has 7 nitrogen and oxygen atoms in total. The minimum Gasteiger partial charge on any atom is -0.448 e. The number of hydrogen-bond donors (Lipinski definition) is 1. The minimum atomic E-state index is -1.13. The molecule has 3 aromatic rings. The van der Waals surface area contributed by atoms with Crippen LogP contribution >= 0.6 is 11.3 Å². The summed E-state index contributed by atoms with van der Waals surface area (Å²) in [4.78, 5) is 35.9. The largest absolute Gasteiger partial charge is 0.448 e. The summed E-state index contributed by atoms with van der Waals surface area (Å²) in [6.45, 7) is 3.39. The first-order chi connectivity index (χ1) is 13.9. The van der Waals surface area contributed by atoms with Crippen molar-refractivity contribution in [2.75, 3.05) is 5.32 Å². The predicted octanol–water partition coefficient (Wildman–Crippen LogP) is 4.82. The molecule has 2 aromatic carbocycles. The van der Waals surface area contributed by atoms with Crippen LogP contribution in [0.15, 0.2) is 60.0 Å². The van der Waals surface area contributed by atoms with Crippen LogP contribution in [-0.4, -0.2) is 22.9 Å². The zero-order chi connectivity index (χ0) is 21.0. The fourth-order valence-corrected chi connectivity index (χ4v) is 3.47. The standard InChI is InChI=1S/C21H18N2O5S/c1-13-7-9-15(10-8-13)16-11-12-29-19(16)21(25)28-14(2)20(24)22-17-5-3-4-6-18(17)23(26)27/h3-12,14H,1-2H3,(H,22,24)/t14-/m0/s1. The number of carbonyl (C=O) groups is 2. The van der Waals surface area contributed by atoms with E-state index < -0.39 is 22.9 Å². The van der Waals surface area contributed by atoms with Gasteiger partial charge in [-0.1, -0.05) is 42.0 Å². The zero-order valence-corrected chi connectivity index (χ0v) is 16.6. The zero-order valence-electron chi connectivity index (χ0n) is 15.7. The van der Waals surface area contributed by atoms with Crippen molar-refractivity contribution in [3.63, 3.8) is 0 Å². The van der Waals surface area contributed by atoms with Crippen LogP contribution in [0.3, 0.4) is 0 Å². The summed E-state index contributed by atoms with van der Waals surface area (Å²) in [5.41, 5.74) is 2.52. The van der Waals surface area contributed by atoms with E-state index in [0.717, 1.165) is 16.7 Å². The number of aryl methyl sites for hydroxylation is 1. The third kappa shape index (κ3) is 4.67. The average molecular weight is 410 g/mol. The molecule has 0 fully saturated rings. The number of para-hydroxylation sites is 2. The fourth-order valence-electron chi connectivity index (χ4n) is 2.67. The van der Waals surface area contributed by atoms with Crippen LogP contribution < -0.4 is 5.32 Å². The molecular formula is C21H18N2O5S. The van der Waals surface area contributed by atoms with Crippen LogP contribution in [-0.2, 0) is 9.53 Å². The molecule has 29 heavy (non-hydrogen) atoms. The van der Waals surface area contributed by atoms with Gasteiger partial charge in [0.25, 0.3) is 11.6 Å². The van der Waals surface area contributed by atoms with E-state index in [2.05, 4.69) is 5.32 Å². The summed E-state index contributed by atoms with van der Waals surface area (Å²) in [5.74, 6) is -1.28. The van der Waals surface area contributed by atoms with Gasteiger partial charge in [0.15, 0.2) is 6.10 Å². The van der Waals surface area contributed by atoms with Crippen LogP contribution in [0.4, 0.5) is 11.4 Å². The molecule has 1 N–H and O–H groups in total. The highest BCUT2D eigenvalue weighted by Crippen LogP contribution is 2.30. The van der Waals surface area contributed by atoms with Crippen molar-refractivity contribution in [1.29, 1.82) is 0 Å². The quantitative estimate of drug-likeness (QED) is 0.357. The number of rotatable bonds is 6. The average Bonchev–Trinajstić information content (AvgIpc) is 3.18.